The van der Waals surface area contributed by atoms with Gasteiger partial charge in [0.05, 0.1) is 0 Å². The second-order valence-electron chi connectivity index (χ2n) is 0.407. The van der Waals surface area contributed by atoms with Crippen molar-refractivity contribution in [2.24, 2.45) is 0 Å². The van der Waals surface area contributed by atoms with Gasteiger partial charge in [-0.1, -0.05) is 0 Å². The lowest BCUT2D eigenvalue weighted by molar-refractivity contribution is -0.109. The molecule has 1 N–H and O–H groups in total. The van der Waals surface area contributed by atoms with E-state index in [0.717, 1.165) is 0 Å². The molecule has 0 aliphatic heterocycles. The first-order chi connectivity index (χ1) is 1.91. The van der Waals surface area contributed by atoms with E-state index < -0.39 is 0 Å². The zero-order valence-electron chi connectivity index (χ0n) is 2.49. The zero-order valence-corrected chi connectivity index (χ0v) is 2.49. The molecule has 0 aliphatic carbocycles. The molecule has 0 aromatic rings. The van der Waals surface area contributed by atoms with Gasteiger partial charge in [0.1, 0.15) is 0 Å². The Kier molecular flexibility index (Phi) is 2.14. The Balaban J connectivity index is 2.30. The van der Waals surface area contributed by atoms with Crippen LogP contribution >= 0.6 is 0 Å². The van der Waals surface area contributed by atoms with Crippen molar-refractivity contribution in [3.8, 4) is 0 Å². The molecular weight excluding hydrogens is 55.0 g/mol. The molecule has 0 spiro atoms. The van der Waals surface area contributed by atoms with Gasteiger partial charge in [-0.15, -0.1) is 0 Å². The highest BCUT2D eigenvalue weighted by Crippen LogP contribution is 1.09. The summed E-state index contributed by atoms with van der Waals surface area (Å²) in [6.07, 6.45) is 0.625. The molecule has 0 saturated carbocycles. The van der Waals surface area contributed by atoms with Crippen LogP contribution in [0.1, 0.15) is 0 Å². The molecule has 0 aliphatic rings. The molecular formula is C2H5NO. The van der Waals surface area contributed by atoms with E-state index in [0.29, 0.717) is 6.41 Å². The van der Waals surface area contributed by atoms with Crippen LogP contribution in [0.2, 0.25) is 0 Å². The van der Waals surface area contributed by atoms with Crippen LogP contribution in [0.15, 0.2) is 0 Å². The minimum absolute atomic E-state index is 0.625. The number of amides is 1. The summed E-state index contributed by atoms with van der Waals surface area (Å²) in [6, 6.07) is 0. The standard InChI is InChI=1S/C2H5NO/c1-3-2-4/h2H,1H3,(H,3,4)/i2+1. The number of nitrogens with one attached hydrogen (secondary N) is 1. The molecule has 0 fully saturated rings. The Bertz CT molecular complexity index is 20.0. The van der Waals surface area contributed by atoms with Crippen molar-refractivity contribution < 1.29 is 4.79 Å². The summed E-state index contributed by atoms with van der Waals surface area (Å²) in [5, 5.41) is 2.25. The van der Waals surface area contributed by atoms with Gasteiger partial charge in [0.25, 0.3) is 0 Å². The molecule has 0 saturated heterocycles. The van der Waals surface area contributed by atoms with Crippen molar-refractivity contribution in [2.75, 3.05) is 7.05 Å². The van der Waals surface area contributed by atoms with Gasteiger partial charge in [-0.25, -0.2) is 0 Å². The fraction of sp³-hybridized carbons (Fsp3) is 0.500. The van der Waals surface area contributed by atoms with Crippen molar-refractivity contribution in [3.05, 3.63) is 0 Å². The molecule has 2 heteroatoms. The van der Waals surface area contributed by atoms with E-state index in [1.165, 1.54) is 0 Å². The molecule has 1 amide bonds. The summed E-state index contributed by atoms with van der Waals surface area (Å²) in [7, 11) is 1.56. The minimum Gasteiger partial charge on any atom is -0.362 e. The average Bonchev–Trinajstić information content (AvgIpc) is 1.37. The number of hydrogen-bond acceptors (Lipinski definition) is 1. The van der Waals surface area contributed by atoms with Gasteiger partial charge in [0.2, 0.25) is 6.41 Å². The van der Waals surface area contributed by atoms with E-state index >= 15 is 0 Å². The minimum atomic E-state index is 0.625. The van der Waals surface area contributed by atoms with Crippen molar-refractivity contribution in [1.29, 1.82) is 0 Å². The van der Waals surface area contributed by atoms with Gasteiger partial charge < -0.3 is 5.32 Å². The van der Waals surface area contributed by atoms with Crippen LogP contribution in [0, 0.1) is 0 Å². The lowest BCUT2D eigenvalue weighted by Gasteiger charge is -1.64. The zero-order chi connectivity index (χ0) is 3.41. The second-order valence-corrected chi connectivity index (χ2v) is 0.407. The highest BCUT2D eigenvalue weighted by atomic mass is 16.2. The Hall–Kier alpha value is -0.530. The Labute approximate surface area is 24.8 Å². The first kappa shape index (κ1) is 3.47. The fourth-order valence-electron chi connectivity index (χ4n) is 0. The summed E-state index contributed by atoms with van der Waals surface area (Å²) in [5.74, 6) is 0. The quantitative estimate of drug-likeness (QED) is 0.316. The number of carbonyl (C=O) groups is 1. The summed E-state index contributed by atoms with van der Waals surface area (Å²) in [6.45, 7) is 0. The predicted octanol–water partition coefficient (Wildman–Crippen LogP) is -0.638. The molecule has 0 aromatic heterocycles. The monoisotopic (exact) mass is 60.0 g/mol. The second kappa shape index (κ2) is 2.47. The maximum atomic E-state index is 9.06. The largest absolute Gasteiger partial charge is 0.362 e. The smallest absolute Gasteiger partial charge is 0.206 e. The SMILES string of the molecule is CN[13CH]=O. The summed E-state index contributed by atoms with van der Waals surface area (Å²) in [5.41, 5.74) is 0. The summed E-state index contributed by atoms with van der Waals surface area (Å²) in [4.78, 5) is 9.06. The van der Waals surface area contributed by atoms with Crippen molar-refractivity contribution in [2.45, 2.75) is 0 Å². The fourth-order valence-corrected chi connectivity index (χ4v) is 0. The van der Waals surface area contributed by atoms with Gasteiger partial charge in [0, 0.05) is 7.05 Å². The molecule has 0 rings (SSSR count). The van der Waals surface area contributed by atoms with Crippen LogP contribution in [0.25, 0.3) is 0 Å². The molecule has 4 heavy (non-hydrogen) atoms. The van der Waals surface area contributed by atoms with Crippen LogP contribution in [0.4, 0.5) is 0 Å². The van der Waals surface area contributed by atoms with E-state index in [2.05, 4.69) is 5.32 Å². The molecule has 0 radical (unpaired) electrons. The van der Waals surface area contributed by atoms with E-state index in [-0.39, 0.29) is 0 Å². The number of hydrogen-bond donors (Lipinski definition) is 1. The molecule has 0 atom stereocenters. The normalized spacial score (nSPS) is 5.25. The van der Waals surface area contributed by atoms with Gasteiger partial charge in [-0.3, -0.25) is 4.79 Å². The third-order valence-electron chi connectivity index (χ3n) is 0.118. The Morgan fingerprint density at radius 2 is 2.25 bits per heavy atom. The molecule has 0 bridgehead atoms. The first-order valence-corrected chi connectivity index (χ1v) is 1.02. The van der Waals surface area contributed by atoms with E-state index in [1.807, 2.05) is 0 Å². The van der Waals surface area contributed by atoms with Gasteiger partial charge in [-0.05, 0) is 0 Å². The number of rotatable bonds is 1. The molecule has 0 unspecified atom stereocenters. The molecule has 2 nitrogen and oxygen atoms in total. The van der Waals surface area contributed by atoms with E-state index in [9.17, 15) is 0 Å². The maximum absolute atomic E-state index is 9.06. The van der Waals surface area contributed by atoms with Crippen LogP contribution < -0.4 is 5.32 Å². The van der Waals surface area contributed by atoms with Crippen molar-refractivity contribution in [1.82, 2.24) is 5.32 Å². The third kappa shape index (κ3) is 1.47. The van der Waals surface area contributed by atoms with Crippen LogP contribution in [0.3, 0.4) is 0 Å². The lowest BCUT2D eigenvalue weighted by atomic mass is 11.5. The van der Waals surface area contributed by atoms with Gasteiger partial charge in [0.15, 0.2) is 0 Å². The molecule has 0 aromatic carbocycles. The number of carbonyl (C=O) groups excluding carboxylic acids is 1. The Morgan fingerprint density at radius 3 is 2.25 bits per heavy atom. The maximum Gasteiger partial charge on any atom is 0.206 e. The Morgan fingerprint density at radius 1 is 2.00 bits per heavy atom. The highest BCUT2D eigenvalue weighted by Gasteiger charge is 1.43. The van der Waals surface area contributed by atoms with Crippen LogP contribution in [0.5, 0.6) is 0 Å². The van der Waals surface area contributed by atoms with Crippen LogP contribution in [-0.2, 0) is 4.79 Å². The average molecular weight is 60.1 g/mol. The predicted molar refractivity (Wildman–Crippen MR) is 15.1 cm³/mol. The van der Waals surface area contributed by atoms with Crippen molar-refractivity contribution in [3.63, 3.8) is 0 Å². The topological polar surface area (TPSA) is 29.1 Å². The summed E-state index contributed by atoms with van der Waals surface area (Å²) >= 11 is 0. The van der Waals surface area contributed by atoms with Gasteiger partial charge in [-0.2, -0.15) is 0 Å². The van der Waals surface area contributed by atoms with Gasteiger partial charge >= 0.3 is 0 Å². The first-order valence-electron chi connectivity index (χ1n) is 1.02. The highest BCUT2D eigenvalue weighted by molar-refractivity contribution is 5.44. The van der Waals surface area contributed by atoms with Crippen LogP contribution in [-0.4, -0.2) is 13.5 Å². The van der Waals surface area contributed by atoms with Crippen molar-refractivity contribution >= 4 is 6.41 Å². The van der Waals surface area contributed by atoms with E-state index in [4.69, 9.17) is 4.79 Å². The summed E-state index contributed by atoms with van der Waals surface area (Å²) < 4.78 is 0. The van der Waals surface area contributed by atoms with E-state index in [1.54, 1.807) is 7.05 Å². The molecule has 0 heterocycles. The molecule has 24 valence electrons. The lowest BCUT2D eigenvalue weighted by Crippen LogP contribution is -1.98. The third-order valence-corrected chi connectivity index (χ3v) is 0.118.